The fraction of sp³-hybridized carbons (Fsp3) is 0.562. The molecule has 0 saturated carbocycles. The zero-order chi connectivity index (χ0) is 14.2. The molecule has 1 unspecified atom stereocenters. The van der Waals surface area contributed by atoms with Crippen LogP contribution in [0.25, 0.3) is 0 Å². The lowest BCUT2D eigenvalue weighted by molar-refractivity contribution is 0.129. The van der Waals surface area contributed by atoms with E-state index in [1.165, 1.54) is 12.0 Å². The Morgan fingerprint density at radius 1 is 1.50 bits per heavy atom. The molecule has 20 heavy (non-hydrogen) atoms. The fourth-order valence-electron chi connectivity index (χ4n) is 2.27. The van der Waals surface area contributed by atoms with Crippen LogP contribution in [0.15, 0.2) is 23.1 Å². The van der Waals surface area contributed by atoms with Crippen molar-refractivity contribution in [1.82, 2.24) is 5.32 Å². The molecule has 1 aliphatic rings. The molecule has 1 aromatic rings. The van der Waals surface area contributed by atoms with Crippen molar-refractivity contribution >= 4 is 11.8 Å². The van der Waals surface area contributed by atoms with E-state index in [0.29, 0.717) is 6.10 Å². The number of hydrogen-bond acceptors (Lipinski definition) is 4. The number of hydrogen-bond donors (Lipinski definition) is 1. The highest BCUT2D eigenvalue weighted by Gasteiger charge is 2.16. The number of ether oxygens (including phenoxy) is 1. The predicted octanol–water partition coefficient (Wildman–Crippen LogP) is 3.33. The molecule has 4 heteroatoms. The second-order valence-corrected chi connectivity index (χ2v) is 6.13. The largest absolute Gasteiger partial charge is 0.377 e. The van der Waals surface area contributed by atoms with Crippen molar-refractivity contribution in [2.75, 3.05) is 18.9 Å². The van der Waals surface area contributed by atoms with Crippen molar-refractivity contribution in [3.05, 3.63) is 29.3 Å². The highest BCUT2D eigenvalue weighted by Crippen LogP contribution is 2.27. The van der Waals surface area contributed by atoms with Gasteiger partial charge in [0, 0.05) is 23.8 Å². The van der Waals surface area contributed by atoms with E-state index >= 15 is 0 Å². The van der Waals surface area contributed by atoms with Crippen LogP contribution >= 0.6 is 11.8 Å². The van der Waals surface area contributed by atoms with E-state index in [0.717, 1.165) is 48.7 Å². The number of benzene rings is 1. The molecule has 1 saturated heterocycles. The van der Waals surface area contributed by atoms with E-state index in [9.17, 15) is 5.26 Å². The first kappa shape index (κ1) is 15.4. The lowest BCUT2D eigenvalue weighted by Crippen LogP contribution is -2.13. The Labute approximate surface area is 125 Å². The van der Waals surface area contributed by atoms with Crippen molar-refractivity contribution in [2.45, 2.75) is 43.7 Å². The molecule has 108 valence electrons. The normalized spacial score (nSPS) is 18.1. The van der Waals surface area contributed by atoms with Gasteiger partial charge in [0.05, 0.1) is 11.7 Å². The molecular formula is C16H22N2OS. The predicted molar refractivity (Wildman–Crippen MR) is 82.9 cm³/mol. The molecule has 0 aromatic heterocycles. The molecule has 1 aromatic carbocycles. The summed E-state index contributed by atoms with van der Waals surface area (Å²) in [6.07, 6.45) is 3.80. The highest BCUT2D eigenvalue weighted by molar-refractivity contribution is 7.99. The van der Waals surface area contributed by atoms with E-state index in [-0.39, 0.29) is 0 Å². The number of rotatable bonds is 7. The standard InChI is InChI=1S/C16H22N2OS/c1-2-7-18-11-13-5-6-16(14(9-13)10-17)20-12-15-4-3-8-19-15/h5-6,9,15,18H,2-4,7-8,11-12H2,1H3. The minimum Gasteiger partial charge on any atom is -0.377 e. The number of nitrogens with zero attached hydrogens (tertiary/aromatic N) is 1. The summed E-state index contributed by atoms with van der Waals surface area (Å²) in [6, 6.07) is 8.50. The van der Waals surface area contributed by atoms with Gasteiger partial charge in [0.15, 0.2) is 0 Å². The third-order valence-corrected chi connectivity index (χ3v) is 4.57. The minimum atomic E-state index is 0.359. The van der Waals surface area contributed by atoms with Crippen molar-refractivity contribution in [2.24, 2.45) is 0 Å². The zero-order valence-corrected chi connectivity index (χ0v) is 12.8. The Bertz CT molecular complexity index is 464. The van der Waals surface area contributed by atoms with E-state index in [1.54, 1.807) is 11.8 Å². The van der Waals surface area contributed by atoms with Gasteiger partial charge in [-0.2, -0.15) is 5.26 Å². The molecular weight excluding hydrogens is 268 g/mol. The first-order chi connectivity index (χ1) is 9.83. The van der Waals surface area contributed by atoms with Gasteiger partial charge in [-0.1, -0.05) is 13.0 Å². The van der Waals surface area contributed by atoms with Gasteiger partial charge in [0.1, 0.15) is 6.07 Å². The van der Waals surface area contributed by atoms with Gasteiger partial charge in [0.2, 0.25) is 0 Å². The van der Waals surface area contributed by atoms with Gasteiger partial charge in [0.25, 0.3) is 0 Å². The smallest absolute Gasteiger partial charge is 0.100 e. The third kappa shape index (κ3) is 4.52. The van der Waals surface area contributed by atoms with Crippen molar-refractivity contribution in [1.29, 1.82) is 5.26 Å². The Morgan fingerprint density at radius 2 is 2.40 bits per heavy atom. The maximum Gasteiger partial charge on any atom is 0.100 e. The van der Waals surface area contributed by atoms with Crippen LogP contribution in [0.2, 0.25) is 0 Å². The average Bonchev–Trinajstić information content (AvgIpc) is 2.99. The van der Waals surface area contributed by atoms with Crippen molar-refractivity contribution < 1.29 is 4.74 Å². The molecule has 0 radical (unpaired) electrons. The fourth-order valence-corrected chi connectivity index (χ4v) is 3.32. The molecule has 1 fully saturated rings. The molecule has 1 atom stereocenters. The first-order valence-corrected chi connectivity index (χ1v) is 8.30. The third-order valence-electron chi connectivity index (χ3n) is 3.37. The van der Waals surface area contributed by atoms with Crippen molar-refractivity contribution in [3.8, 4) is 6.07 Å². The van der Waals surface area contributed by atoms with Crippen LogP contribution in [-0.4, -0.2) is 25.0 Å². The summed E-state index contributed by atoms with van der Waals surface area (Å²) in [5.41, 5.74) is 1.96. The second kappa shape index (κ2) is 8.31. The first-order valence-electron chi connectivity index (χ1n) is 7.31. The molecule has 1 heterocycles. The van der Waals surface area contributed by atoms with Gasteiger partial charge < -0.3 is 10.1 Å². The summed E-state index contributed by atoms with van der Waals surface area (Å²) in [4.78, 5) is 1.07. The molecule has 0 bridgehead atoms. The summed E-state index contributed by atoms with van der Waals surface area (Å²) in [5.74, 6) is 0.947. The summed E-state index contributed by atoms with van der Waals surface area (Å²) >= 11 is 1.74. The summed E-state index contributed by atoms with van der Waals surface area (Å²) in [5, 5.41) is 12.7. The zero-order valence-electron chi connectivity index (χ0n) is 12.0. The lowest BCUT2D eigenvalue weighted by Gasteiger charge is -2.11. The molecule has 0 spiro atoms. The SMILES string of the molecule is CCCNCc1ccc(SCC2CCCO2)c(C#N)c1. The molecule has 0 amide bonds. The van der Waals surface area contributed by atoms with Crippen LogP contribution in [0.5, 0.6) is 0 Å². The maximum atomic E-state index is 9.29. The van der Waals surface area contributed by atoms with E-state index in [1.807, 2.05) is 6.07 Å². The van der Waals surface area contributed by atoms with Gasteiger partial charge in [-0.15, -0.1) is 11.8 Å². The van der Waals surface area contributed by atoms with Crippen LogP contribution in [0.3, 0.4) is 0 Å². The van der Waals surface area contributed by atoms with Crippen LogP contribution in [0.1, 0.15) is 37.3 Å². The van der Waals surface area contributed by atoms with Gasteiger partial charge in [-0.25, -0.2) is 0 Å². The Hall–Kier alpha value is -1.02. The molecule has 1 aliphatic heterocycles. The van der Waals surface area contributed by atoms with Gasteiger partial charge in [-0.3, -0.25) is 0 Å². The monoisotopic (exact) mass is 290 g/mol. The summed E-state index contributed by atoms with van der Waals surface area (Å²) in [6.45, 7) is 4.88. The van der Waals surface area contributed by atoms with Crippen LogP contribution in [-0.2, 0) is 11.3 Å². The number of nitrogens with one attached hydrogen (secondary N) is 1. The summed E-state index contributed by atoms with van der Waals surface area (Å²) < 4.78 is 5.62. The quantitative estimate of drug-likeness (QED) is 0.618. The average molecular weight is 290 g/mol. The Morgan fingerprint density at radius 3 is 3.10 bits per heavy atom. The lowest BCUT2D eigenvalue weighted by atomic mass is 10.1. The van der Waals surface area contributed by atoms with E-state index in [2.05, 4.69) is 30.4 Å². The van der Waals surface area contributed by atoms with Crippen LogP contribution < -0.4 is 5.32 Å². The highest BCUT2D eigenvalue weighted by atomic mass is 32.2. The Kier molecular flexibility index (Phi) is 6.38. The van der Waals surface area contributed by atoms with Crippen LogP contribution in [0, 0.1) is 11.3 Å². The number of thioether (sulfide) groups is 1. The van der Waals surface area contributed by atoms with Gasteiger partial charge >= 0.3 is 0 Å². The minimum absolute atomic E-state index is 0.359. The van der Waals surface area contributed by atoms with E-state index < -0.39 is 0 Å². The molecule has 2 rings (SSSR count). The molecule has 1 N–H and O–H groups in total. The van der Waals surface area contributed by atoms with Crippen molar-refractivity contribution in [3.63, 3.8) is 0 Å². The topological polar surface area (TPSA) is 45.0 Å². The Balaban J connectivity index is 1.93. The molecule has 3 nitrogen and oxygen atoms in total. The number of nitriles is 1. The summed E-state index contributed by atoms with van der Waals surface area (Å²) in [7, 11) is 0. The van der Waals surface area contributed by atoms with Gasteiger partial charge in [-0.05, 0) is 43.5 Å². The molecule has 0 aliphatic carbocycles. The van der Waals surface area contributed by atoms with E-state index in [4.69, 9.17) is 4.74 Å². The van der Waals surface area contributed by atoms with Crippen LogP contribution in [0.4, 0.5) is 0 Å². The maximum absolute atomic E-state index is 9.29. The second-order valence-electron chi connectivity index (χ2n) is 5.07.